The van der Waals surface area contributed by atoms with Gasteiger partial charge < -0.3 is 0 Å². The second-order valence-electron chi connectivity index (χ2n) is 6.45. The van der Waals surface area contributed by atoms with Crippen LogP contribution in [0.5, 0.6) is 0 Å². The van der Waals surface area contributed by atoms with Crippen LogP contribution in [0.25, 0.3) is 0 Å². The summed E-state index contributed by atoms with van der Waals surface area (Å²) in [7, 11) is 10.4. The third kappa shape index (κ3) is 5.33. The fourth-order valence-corrected chi connectivity index (χ4v) is 5.81. The van der Waals surface area contributed by atoms with Gasteiger partial charge >= 0.3 is 37.9 Å². The Morgan fingerprint density at radius 1 is 0.818 bits per heavy atom. The number of hydrogen-bond acceptors (Lipinski definition) is 0. The summed E-state index contributed by atoms with van der Waals surface area (Å²) in [4.78, 5) is 0. The molecule has 2 unspecified atom stereocenters. The molecule has 0 aliphatic heterocycles. The van der Waals surface area contributed by atoms with Gasteiger partial charge in [-0.1, -0.05) is 57.7 Å². The van der Waals surface area contributed by atoms with Crippen LogP contribution >= 0.6 is 17.0 Å². The summed E-state index contributed by atoms with van der Waals surface area (Å²) in [6.07, 6.45) is 4.77. The predicted octanol–water partition coefficient (Wildman–Crippen LogP) is 6.46. The first-order valence-corrected chi connectivity index (χ1v) is 15.8. The third-order valence-corrected chi connectivity index (χ3v) is 6.69. The van der Waals surface area contributed by atoms with Crippen molar-refractivity contribution in [3.05, 3.63) is 45.6 Å². The Morgan fingerprint density at radius 2 is 1.14 bits per heavy atom. The van der Waals surface area contributed by atoms with Gasteiger partial charge in [0.1, 0.15) is 0 Å². The summed E-state index contributed by atoms with van der Waals surface area (Å²) in [6, 6.07) is 2.81. The molecule has 2 rings (SSSR count). The Kier molecular flexibility index (Phi) is 9.23. The molecule has 22 heavy (non-hydrogen) atoms. The first kappa shape index (κ1) is 20.7. The van der Waals surface area contributed by atoms with Crippen LogP contribution in [0.1, 0.15) is 41.5 Å². The molecule has 0 aromatic heterocycles. The third-order valence-electron chi connectivity index (χ3n) is 5.08. The van der Waals surface area contributed by atoms with Crippen LogP contribution in [0, 0.1) is 11.8 Å². The molecule has 2 atom stereocenters. The topological polar surface area (TPSA) is 0 Å². The predicted molar refractivity (Wildman–Crippen MR) is 99.7 cm³/mol. The molecule has 1 radical (unpaired) electrons. The minimum atomic E-state index is -0.826. The molecule has 0 aromatic rings. The fourth-order valence-electron chi connectivity index (χ4n) is 3.50. The average molecular weight is 434 g/mol. The molecule has 0 nitrogen and oxygen atoms in total. The van der Waals surface area contributed by atoms with E-state index in [1.54, 1.807) is 22.3 Å². The van der Waals surface area contributed by atoms with Crippen LogP contribution in [0.15, 0.2) is 45.6 Å². The summed E-state index contributed by atoms with van der Waals surface area (Å²) >= 11 is -0.826. The fraction of sp³-hybridized carbons (Fsp3) is 0.556. The van der Waals surface area contributed by atoms with Crippen LogP contribution < -0.4 is 0 Å². The zero-order valence-corrected chi connectivity index (χ0v) is 19.7. The van der Waals surface area contributed by atoms with E-state index in [1.165, 1.54) is 23.2 Å². The normalized spacial score (nSPS) is 24.2. The van der Waals surface area contributed by atoms with Crippen molar-refractivity contribution in [3.8, 4) is 0 Å². The average Bonchev–Trinajstić information content (AvgIpc) is 2.82. The first-order chi connectivity index (χ1) is 10.3. The van der Waals surface area contributed by atoms with E-state index in [2.05, 4.69) is 53.7 Å². The van der Waals surface area contributed by atoms with Crippen molar-refractivity contribution in [3.63, 3.8) is 0 Å². The van der Waals surface area contributed by atoms with Gasteiger partial charge in [-0.25, -0.2) is 0 Å². The molecule has 2 aliphatic carbocycles. The van der Waals surface area contributed by atoms with Gasteiger partial charge in [0.05, 0.1) is 0 Å². The Balaban J connectivity index is 0.000000745. The summed E-state index contributed by atoms with van der Waals surface area (Å²) < 4.78 is 0. The van der Waals surface area contributed by atoms with Gasteiger partial charge in [-0.05, 0) is 53.4 Å². The van der Waals surface area contributed by atoms with Crippen molar-refractivity contribution in [2.45, 2.75) is 53.6 Å². The van der Waals surface area contributed by atoms with Gasteiger partial charge in [-0.2, -0.15) is 0 Å². The van der Waals surface area contributed by atoms with Crippen molar-refractivity contribution in [2.24, 2.45) is 11.8 Å². The molecule has 0 heterocycles. The number of halogens is 2. The molecule has 0 spiro atoms. The van der Waals surface area contributed by atoms with Crippen molar-refractivity contribution >= 4 is 26.5 Å². The molecular weight excluding hydrogens is 406 g/mol. The van der Waals surface area contributed by atoms with Gasteiger partial charge in [-0.15, -0.1) is 0 Å². The molecule has 0 aromatic carbocycles. The first-order valence-electron chi connectivity index (χ1n) is 7.82. The van der Waals surface area contributed by atoms with Crippen molar-refractivity contribution in [1.82, 2.24) is 0 Å². The number of allylic oxidation sites excluding steroid dienone is 8. The van der Waals surface area contributed by atoms with Crippen LogP contribution in [0.4, 0.5) is 0 Å². The number of rotatable bonds is 4. The van der Waals surface area contributed by atoms with Crippen LogP contribution in [-0.4, -0.2) is 9.52 Å². The van der Waals surface area contributed by atoms with Gasteiger partial charge in [0, 0.05) is 9.52 Å². The van der Waals surface area contributed by atoms with E-state index >= 15 is 0 Å². The second-order valence-corrected chi connectivity index (χ2v) is 11.7. The maximum absolute atomic E-state index is 4.93. The van der Waals surface area contributed by atoms with E-state index < -0.39 is 20.8 Å². The van der Waals surface area contributed by atoms with Gasteiger partial charge in [0.15, 0.2) is 0 Å². The van der Waals surface area contributed by atoms with Gasteiger partial charge in [0.25, 0.3) is 0 Å². The summed E-state index contributed by atoms with van der Waals surface area (Å²) in [6.45, 7) is 13.8. The zero-order valence-electron chi connectivity index (χ0n) is 14.6. The van der Waals surface area contributed by atoms with Crippen molar-refractivity contribution in [2.75, 3.05) is 0 Å². The molecule has 4 heteroatoms. The molecule has 0 saturated heterocycles. The van der Waals surface area contributed by atoms with E-state index in [0.29, 0.717) is 9.52 Å². The maximum atomic E-state index is 4.93. The molecule has 2 aliphatic rings. The van der Waals surface area contributed by atoms with E-state index in [4.69, 9.17) is 17.0 Å². The van der Waals surface area contributed by atoms with Crippen LogP contribution in [0.2, 0.25) is 12.1 Å². The van der Waals surface area contributed by atoms with Crippen molar-refractivity contribution < 1.29 is 20.8 Å². The standard InChI is InChI=1S/C18H27Si.2ClH.Zr/c1-11-7-13(3)17(15(11)5)9-19-10-18-14(4)8-12(2)16(18)6;;;/h7-8,17-19H,9-10H2,1-6H3;2*1H;/q;;;+2/p-2. The Labute approximate surface area is 157 Å². The van der Waals surface area contributed by atoms with E-state index in [0.717, 1.165) is 11.8 Å². The Morgan fingerprint density at radius 3 is 1.36 bits per heavy atom. The molecule has 0 bridgehead atoms. The van der Waals surface area contributed by atoms with E-state index in [9.17, 15) is 0 Å². The Bertz CT molecular complexity index is 483. The van der Waals surface area contributed by atoms with Crippen LogP contribution in [-0.2, 0) is 20.8 Å². The van der Waals surface area contributed by atoms with Gasteiger partial charge in [-0.3, -0.25) is 0 Å². The summed E-state index contributed by atoms with van der Waals surface area (Å²) in [5.74, 6) is 1.51. The van der Waals surface area contributed by atoms with E-state index in [1.807, 2.05) is 0 Å². The molecule has 0 N–H and O–H groups in total. The summed E-state index contributed by atoms with van der Waals surface area (Å²) in [5, 5.41) is 0. The summed E-state index contributed by atoms with van der Waals surface area (Å²) in [5.41, 5.74) is 9.42. The molecule has 0 saturated carbocycles. The zero-order chi connectivity index (χ0) is 16.9. The monoisotopic (exact) mass is 431 g/mol. The van der Waals surface area contributed by atoms with E-state index in [-0.39, 0.29) is 0 Å². The van der Waals surface area contributed by atoms with Gasteiger partial charge in [0.2, 0.25) is 0 Å². The molecule has 121 valence electrons. The SMILES string of the molecule is CC1=CC(C)=C(C)C1C[SiH]CC1C(C)=CC(C)=C1C.[Cl][Zr][Cl]. The Hall–Kier alpha value is 0.640. The number of hydrogen-bond donors (Lipinski definition) is 0. The molecule has 0 amide bonds. The molecule has 0 fully saturated rings. The molecular formula is C18H27Cl2SiZr. The minimum absolute atomic E-state index is 0.552. The second kappa shape index (κ2) is 9.82. The van der Waals surface area contributed by atoms with Crippen molar-refractivity contribution in [1.29, 1.82) is 0 Å². The quantitative estimate of drug-likeness (QED) is 0.446. The van der Waals surface area contributed by atoms with Crippen LogP contribution in [0.3, 0.4) is 0 Å².